The van der Waals surface area contributed by atoms with Crippen LogP contribution in [0.1, 0.15) is 12.0 Å². The van der Waals surface area contributed by atoms with Crippen LogP contribution in [0, 0.1) is 0 Å². The van der Waals surface area contributed by atoms with Gasteiger partial charge in [-0.2, -0.15) is 0 Å². The van der Waals surface area contributed by atoms with Gasteiger partial charge in [0, 0.05) is 37.9 Å². The molecule has 1 aliphatic heterocycles. The molecule has 0 bridgehead atoms. The number of benzene rings is 2. The van der Waals surface area contributed by atoms with Crippen LogP contribution in [-0.2, 0) is 10.9 Å². The Bertz CT molecular complexity index is 661. The highest BCUT2D eigenvalue weighted by atomic mass is 35.5. The highest BCUT2D eigenvalue weighted by molar-refractivity contribution is 7.47. The minimum atomic E-state index is -0.752. The van der Waals surface area contributed by atoms with Crippen molar-refractivity contribution in [2.45, 2.75) is 12.8 Å². The molecule has 1 fully saturated rings. The predicted octanol–water partition coefficient (Wildman–Crippen LogP) is 5.11. The lowest BCUT2D eigenvalue weighted by Crippen LogP contribution is -2.37. The predicted molar refractivity (Wildman–Crippen MR) is 110 cm³/mol. The number of hydrogen-bond donors (Lipinski definition) is 0. The molecule has 0 radical (unpaired) electrons. The fourth-order valence-electron chi connectivity index (χ4n) is 3.26. The second-order valence-corrected chi connectivity index (χ2v) is 8.76. The minimum absolute atomic E-state index is 0.607. The molecule has 2 aromatic rings. The largest absolute Gasteiger partial charge is 0.331 e. The number of nitrogens with zero attached hydrogens (tertiary/aromatic N) is 2. The van der Waals surface area contributed by atoms with Crippen LogP contribution >= 0.6 is 31.7 Å². The van der Waals surface area contributed by atoms with Crippen LogP contribution in [0.4, 0.5) is 0 Å². The molecule has 3 nitrogen and oxygen atoms in total. The number of fused-ring (bicyclic) bond motifs is 1. The van der Waals surface area contributed by atoms with Crippen molar-refractivity contribution in [3.05, 3.63) is 48.0 Å². The van der Waals surface area contributed by atoms with Crippen LogP contribution in [0.15, 0.2) is 42.5 Å². The Labute approximate surface area is 161 Å². The number of rotatable bonds is 8. The maximum atomic E-state index is 6.13. The highest BCUT2D eigenvalue weighted by Crippen LogP contribution is 2.47. The second-order valence-electron chi connectivity index (χ2n) is 6.11. The van der Waals surface area contributed by atoms with Gasteiger partial charge in [0.05, 0.1) is 6.61 Å². The van der Waals surface area contributed by atoms with Crippen molar-refractivity contribution in [2.24, 2.45) is 0 Å². The van der Waals surface area contributed by atoms with Gasteiger partial charge < -0.3 is 4.52 Å². The first-order chi connectivity index (χ1) is 12.3. The molecule has 25 heavy (non-hydrogen) atoms. The average Bonchev–Trinajstić information content (AvgIpc) is 2.66. The van der Waals surface area contributed by atoms with E-state index in [0.717, 1.165) is 45.6 Å². The Kier molecular flexibility index (Phi) is 7.79. The summed E-state index contributed by atoms with van der Waals surface area (Å²) in [5, 5.41) is 2.66. The topological polar surface area (TPSA) is 15.7 Å². The lowest BCUT2D eigenvalue weighted by atomic mass is 10.0. The second kappa shape index (κ2) is 10.1. The third kappa shape index (κ3) is 5.07. The van der Waals surface area contributed by atoms with E-state index in [-0.39, 0.29) is 0 Å². The Morgan fingerprint density at radius 3 is 2.60 bits per heavy atom. The van der Waals surface area contributed by atoms with Gasteiger partial charge >= 0.3 is 0 Å². The van der Waals surface area contributed by atoms with Crippen LogP contribution in [-0.4, -0.2) is 53.9 Å². The quantitative estimate of drug-likeness (QED) is 0.453. The molecule has 136 valence electrons. The molecule has 0 amide bonds. The first kappa shape index (κ1) is 19.4. The fraction of sp³-hybridized carbons (Fsp3) is 0.474. The Morgan fingerprint density at radius 1 is 1.04 bits per heavy atom. The maximum absolute atomic E-state index is 6.13. The normalized spacial score (nSPS) is 18.9. The Balaban J connectivity index is 1.71. The monoisotopic (exact) mass is 398 g/mol. The molecule has 1 atom stereocenters. The third-order valence-corrected chi connectivity index (χ3v) is 6.98. The van der Waals surface area contributed by atoms with Crippen molar-refractivity contribution >= 4 is 42.4 Å². The van der Waals surface area contributed by atoms with Crippen LogP contribution < -0.4 is 0 Å². The van der Waals surface area contributed by atoms with Crippen LogP contribution in [0.25, 0.3) is 10.8 Å². The molecule has 1 saturated heterocycles. The Hall–Kier alpha value is -0.410. The van der Waals surface area contributed by atoms with E-state index in [0.29, 0.717) is 11.8 Å². The molecule has 1 heterocycles. The first-order valence-electron chi connectivity index (χ1n) is 8.85. The summed E-state index contributed by atoms with van der Waals surface area (Å²) >= 11 is 12.0. The molecule has 6 heteroatoms. The molecule has 0 aliphatic carbocycles. The van der Waals surface area contributed by atoms with Crippen molar-refractivity contribution in [1.29, 1.82) is 0 Å². The van der Waals surface area contributed by atoms with E-state index in [4.69, 9.17) is 27.7 Å². The third-order valence-electron chi connectivity index (χ3n) is 4.46. The summed E-state index contributed by atoms with van der Waals surface area (Å²) in [5.41, 5.74) is 1.40. The summed E-state index contributed by atoms with van der Waals surface area (Å²) in [7, 11) is -0.752. The molecule has 0 aromatic heterocycles. The van der Waals surface area contributed by atoms with Crippen molar-refractivity contribution in [2.75, 3.05) is 44.5 Å². The van der Waals surface area contributed by atoms with Gasteiger partial charge in [-0.25, -0.2) is 9.34 Å². The maximum Gasteiger partial charge on any atom is 0.188 e. The molecule has 0 unspecified atom stereocenters. The van der Waals surface area contributed by atoms with Gasteiger partial charge in [-0.1, -0.05) is 42.5 Å². The van der Waals surface area contributed by atoms with Crippen molar-refractivity contribution in [1.82, 2.24) is 9.34 Å². The molecular formula is C19H25Cl2N2OP. The van der Waals surface area contributed by atoms with Gasteiger partial charge in [0.25, 0.3) is 0 Å². The summed E-state index contributed by atoms with van der Waals surface area (Å²) in [6.07, 6.45) is 2.11. The van der Waals surface area contributed by atoms with E-state index in [1.165, 1.54) is 16.3 Å². The van der Waals surface area contributed by atoms with Gasteiger partial charge in [0.15, 0.2) is 8.45 Å². The average molecular weight is 399 g/mol. The van der Waals surface area contributed by atoms with Gasteiger partial charge in [-0.05, 0) is 29.2 Å². The zero-order chi connectivity index (χ0) is 17.5. The van der Waals surface area contributed by atoms with Crippen molar-refractivity contribution < 1.29 is 4.52 Å². The minimum Gasteiger partial charge on any atom is -0.331 e. The lowest BCUT2D eigenvalue weighted by Gasteiger charge is -2.40. The van der Waals surface area contributed by atoms with Gasteiger partial charge in [-0.15, -0.1) is 23.2 Å². The van der Waals surface area contributed by atoms with Crippen LogP contribution in [0.3, 0.4) is 0 Å². The number of alkyl halides is 2. The van der Waals surface area contributed by atoms with Gasteiger partial charge in [-0.3, -0.25) is 0 Å². The van der Waals surface area contributed by atoms with E-state index in [1.807, 2.05) is 0 Å². The van der Waals surface area contributed by atoms with Gasteiger partial charge in [0.2, 0.25) is 0 Å². The standard InChI is InChI=1S/C19H25Cl2N2OP/c20-10-14-23(15-11-21)25-22(12-4-16-24-25)13-9-18-7-3-6-17-5-1-2-8-19(17)18/h1-3,5-8H,4,9-16H2/t25-/m1/s1. The number of hydrogen-bond acceptors (Lipinski definition) is 3. The van der Waals surface area contributed by atoms with Crippen LogP contribution in [0.5, 0.6) is 0 Å². The van der Waals surface area contributed by atoms with E-state index in [1.54, 1.807) is 0 Å². The zero-order valence-corrected chi connectivity index (χ0v) is 16.8. The van der Waals surface area contributed by atoms with E-state index in [2.05, 4.69) is 51.8 Å². The van der Waals surface area contributed by atoms with Crippen molar-refractivity contribution in [3.63, 3.8) is 0 Å². The van der Waals surface area contributed by atoms with Gasteiger partial charge in [0.1, 0.15) is 0 Å². The summed E-state index contributed by atoms with van der Waals surface area (Å²) in [6, 6.07) is 15.2. The lowest BCUT2D eigenvalue weighted by molar-refractivity contribution is 0.210. The van der Waals surface area contributed by atoms with Crippen molar-refractivity contribution in [3.8, 4) is 0 Å². The molecule has 0 saturated carbocycles. The highest BCUT2D eigenvalue weighted by Gasteiger charge is 2.29. The Morgan fingerprint density at radius 2 is 1.80 bits per heavy atom. The molecule has 0 N–H and O–H groups in total. The smallest absolute Gasteiger partial charge is 0.188 e. The van der Waals surface area contributed by atoms with E-state index >= 15 is 0 Å². The summed E-state index contributed by atoms with van der Waals surface area (Å²) in [5.74, 6) is 1.21. The molecule has 1 aliphatic rings. The molecule has 3 rings (SSSR count). The van der Waals surface area contributed by atoms with Crippen LogP contribution in [0.2, 0.25) is 0 Å². The SMILES string of the molecule is ClCCN(CCCl)[P@]1OCCCN1CCc1cccc2ccccc12. The molecular weight excluding hydrogens is 374 g/mol. The molecule has 0 spiro atoms. The summed E-state index contributed by atoms with van der Waals surface area (Å²) < 4.78 is 10.9. The van der Waals surface area contributed by atoms with E-state index < -0.39 is 8.45 Å². The number of halogens is 2. The zero-order valence-electron chi connectivity index (χ0n) is 14.4. The fourth-order valence-corrected chi connectivity index (χ4v) is 6.00. The van der Waals surface area contributed by atoms with E-state index in [9.17, 15) is 0 Å². The first-order valence-corrected chi connectivity index (χ1v) is 11.1. The molecule has 2 aromatic carbocycles. The summed E-state index contributed by atoms with van der Waals surface area (Å²) in [4.78, 5) is 0. The summed E-state index contributed by atoms with van der Waals surface area (Å²) in [6.45, 7) is 4.56.